The molecule has 1 saturated heterocycles. The number of benzene rings is 1. The van der Waals surface area contributed by atoms with Crippen molar-refractivity contribution in [3.63, 3.8) is 0 Å². The Kier molecular flexibility index (Phi) is 4.19. The number of hydrogen-bond donors (Lipinski definition) is 1. The molecule has 0 bridgehead atoms. The zero-order valence-corrected chi connectivity index (χ0v) is 11.2. The summed E-state index contributed by atoms with van der Waals surface area (Å²) in [5, 5.41) is 0. The van der Waals surface area contributed by atoms with E-state index in [4.69, 9.17) is 5.73 Å². The van der Waals surface area contributed by atoms with E-state index in [0.717, 1.165) is 30.8 Å². The third kappa shape index (κ3) is 3.00. The standard InChI is InChI=1S/C14H22FN3/c1-17-5-3-4-13(10-17)18(2)14-7-11(9-16)6-12(15)8-14/h6-8,13H,3-5,9-10,16H2,1-2H3. The number of piperidine rings is 1. The van der Waals surface area contributed by atoms with E-state index in [-0.39, 0.29) is 5.82 Å². The summed E-state index contributed by atoms with van der Waals surface area (Å²) in [6, 6.07) is 5.53. The van der Waals surface area contributed by atoms with Crippen LogP contribution in [0.3, 0.4) is 0 Å². The highest BCUT2D eigenvalue weighted by Gasteiger charge is 2.21. The summed E-state index contributed by atoms with van der Waals surface area (Å²) >= 11 is 0. The lowest BCUT2D eigenvalue weighted by Gasteiger charge is -2.37. The molecule has 0 aliphatic carbocycles. The average Bonchev–Trinajstić information content (AvgIpc) is 2.37. The van der Waals surface area contributed by atoms with Gasteiger partial charge in [-0.3, -0.25) is 0 Å². The summed E-state index contributed by atoms with van der Waals surface area (Å²) in [6.07, 6.45) is 2.36. The van der Waals surface area contributed by atoms with Crippen LogP contribution in [0.1, 0.15) is 18.4 Å². The number of halogens is 1. The van der Waals surface area contributed by atoms with E-state index in [2.05, 4.69) is 16.8 Å². The van der Waals surface area contributed by atoms with E-state index in [1.807, 2.05) is 13.1 Å². The van der Waals surface area contributed by atoms with Crippen LogP contribution >= 0.6 is 0 Å². The van der Waals surface area contributed by atoms with Crippen LogP contribution in [-0.4, -0.2) is 38.1 Å². The molecule has 100 valence electrons. The van der Waals surface area contributed by atoms with E-state index >= 15 is 0 Å². The number of hydrogen-bond acceptors (Lipinski definition) is 3. The summed E-state index contributed by atoms with van der Waals surface area (Å²) in [7, 11) is 4.18. The van der Waals surface area contributed by atoms with E-state index in [9.17, 15) is 4.39 Å². The first kappa shape index (κ1) is 13.3. The molecular formula is C14H22FN3. The molecule has 1 aromatic rings. The molecule has 4 heteroatoms. The van der Waals surface area contributed by atoms with Crippen molar-refractivity contribution in [3.05, 3.63) is 29.6 Å². The van der Waals surface area contributed by atoms with Crippen LogP contribution in [-0.2, 0) is 6.54 Å². The molecule has 0 amide bonds. The minimum Gasteiger partial charge on any atom is -0.370 e. The van der Waals surface area contributed by atoms with Crippen molar-refractivity contribution in [1.82, 2.24) is 4.90 Å². The lowest BCUT2D eigenvalue weighted by atomic mass is 10.0. The third-order valence-electron chi connectivity index (χ3n) is 3.73. The van der Waals surface area contributed by atoms with Gasteiger partial charge in [0, 0.05) is 31.9 Å². The Labute approximate surface area is 108 Å². The number of anilines is 1. The van der Waals surface area contributed by atoms with Gasteiger partial charge in [-0.15, -0.1) is 0 Å². The lowest BCUT2D eigenvalue weighted by Crippen LogP contribution is -2.45. The molecular weight excluding hydrogens is 229 g/mol. The van der Waals surface area contributed by atoms with Crippen LogP contribution in [0.4, 0.5) is 10.1 Å². The van der Waals surface area contributed by atoms with Crippen molar-refractivity contribution in [2.24, 2.45) is 5.73 Å². The molecule has 0 aromatic heterocycles. The predicted octanol–water partition coefficient (Wildman–Crippen LogP) is 1.81. The first-order valence-corrected chi connectivity index (χ1v) is 6.51. The van der Waals surface area contributed by atoms with Gasteiger partial charge in [0.1, 0.15) is 5.82 Å². The third-order valence-corrected chi connectivity index (χ3v) is 3.73. The normalized spacial score (nSPS) is 21.0. The van der Waals surface area contributed by atoms with Gasteiger partial charge in [-0.2, -0.15) is 0 Å². The van der Waals surface area contributed by atoms with E-state index in [1.54, 1.807) is 6.07 Å². The average molecular weight is 251 g/mol. The molecule has 1 atom stereocenters. The second-order valence-electron chi connectivity index (χ2n) is 5.19. The van der Waals surface area contributed by atoms with Crippen LogP contribution in [0.2, 0.25) is 0 Å². The van der Waals surface area contributed by atoms with Crippen molar-refractivity contribution in [3.8, 4) is 0 Å². The van der Waals surface area contributed by atoms with Gasteiger partial charge >= 0.3 is 0 Å². The van der Waals surface area contributed by atoms with Crippen molar-refractivity contribution in [2.75, 3.05) is 32.1 Å². The van der Waals surface area contributed by atoms with Crippen molar-refractivity contribution < 1.29 is 4.39 Å². The summed E-state index contributed by atoms with van der Waals surface area (Å²) in [5.41, 5.74) is 7.37. The first-order valence-electron chi connectivity index (χ1n) is 6.51. The topological polar surface area (TPSA) is 32.5 Å². The highest BCUT2D eigenvalue weighted by atomic mass is 19.1. The SMILES string of the molecule is CN1CCCC(N(C)c2cc(F)cc(CN)c2)C1. The second-order valence-corrected chi connectivity index (χ2v) is 5.19. The molecule has 0 radical (unpaired) electrons. The summed E-state index contributed by atoms with van der Waals surface area (Å²) < 4.78 is 13.5. The molecule has 1 fully saturated rings. The fraction of sp³-hybridized carbons (Fsp3) is 0.571. The molecule has 1 heterocycles. The largest absolute Gasteiger partial charge is 0.370 e. The molecule has 3 nitrogen and oxygen atoms in total. The van der Waals surface area contributed by atoms with Gasteiger partial charge < -0.3 is 15.5 Å². The maximum absolute atomic E-state index is 13.5. The van der Waals surface area contributed by atoms with Crippen LogP contribution in [0.15, 0.2) is 18.2 Å². The number of rotatable bonds is 3. The smallest absolute Gasteiger partial charge is 0.125 e. The molecule has 2 rings (SSSR count). The number of nitrogens with two attached hydrogens (primary N) is 1. The molecule has 0 spiro atoms. The monoisotopic (exact) mass is 251 g/mol. The highest BCUT2D eigenvalue weighted by Crippen LogP contribution is 2.23. The van der Waals surface area contributed by atoms with Crippen molar-refractivity contribution >= 4 is 5.69 Å². The zero-order chi connectivity index (χ0) is 13.1. The molecule has 1 aliphatic heterocycles. The van der Waals surface area contributed by atoms with Crippen LogP contribution < -0.4 is 10.6 Å². The molecule has 1 aliphatic rings. The first-order chi connectivity index (χ1) is 8.60. The molecule has 1 aromatic carbocycles. The quantitative estimate of drug-likeness (QED) is 0.889. The Morgan fingerprint density at radius 3 is 2.89 bits per heavy atom. The summed E-state index contributed by atoms with van der Waals surface area (Å²) in [5.74, 6) is -0.205. The number of likely N-dealkylation sites (tertiary alicyclic amines) is 1. The van der Waals surface area contributed by atoms with E-state index in [0.29, 0.717) is 12.6 Å². The van der Waals surface area contributed by atoms with Gasteiger partial charge in [-0.1, -0.05) is 0 Å². The maximum Gasteiger partial charge on any atom is 0.125 e. The van der Waals surface area contributed by atoms with Gasteiger partial charge in [-0.05, 0) is 50.2 Å². The second kappa shape index (κ2) is 5.67. The van der Waals surface area contributed by atoms with Crippen molar-refractivity contribution in [2.45, 2.75) is 25.4 Å². The summed E-state index contributed by atoms with van der Waals surface area (Å²) in [4.78, 5) is 4.51. The lowest BCUT2D eigenvalue weighted by molar-refractivity contribution is 0.248. The number of nitrogens with zero attached hydrogens (tertiary/aromatic N) is 2. The van der Waals surface area contributed by atoms with Crippen molar-refractivity contribution in [1.29, 1.82) is 0 Å². The maximum atomic E-state index is 13.5. The minimum absolute atomic E-state index is 0.205. The fourth-order valence-corrected chi connectivity index (χ4v) is 2.62. The van der Waals surface area contributed by atoms with Gasteiger partial charge in [0.2, 0.25) is 0 Å². The Hall–Kier alpha value is -1.13. The van der Waals surface area contributed by atoms with Gasteiger partial charge in [-0.25, -0.2) is 4.39 Å². The van der Waals surface area contributed by atoms with Gasteiger partial charge in [0.05, 0.1) is 0 Å². The Morgan fingerprint density at radius 2 is 2.22 bits per heavy atom. The molecule has 2 N–H and O–H groups in total. The van der Waals surface area contributed by atoms with E-state index in [1.165, 1.54) is 12.5 Å². The minimum atomic E-state index is -0.205. The zero-order valence-electron chi connectivity index (χ0n) is 11.2. The predicted molar refractivity (Wildman–Crippen MR) is 73.2 cm³/mol. The van der Waals surface area contributed by atoms with Crippen LogP contribution in [0.5, 0.6) is 0 Å². The van der Waals surface area contributed by atoms with Gasteiger partial charge in [0.25, 0.3) is 0 Å². The van der Waals surface area contributed by atoms with Gasteiger partial charge in [0.15, 0.2) is 0 Å². The van der Waals surface area contributed by atoms with E-state index < -0.39 is 0 Å². The Balaban J connectivity index is 2.16. The fourth-order valence-electron chi connectivity index (χ4n) is 2.62. The Morgan fingerprint density at radius 1 is 1.44 bits per heavy atom. The number of likely N-dealkylation sites (N-methyl/N-ethyl adjacent to an activating group) is 2. The Bertz CT molecular complexity index is 408. The highest BCUT2D eigenvalue weighted by molar-refractivity contribution is 5.49. The summed E-state index contributed by atoms with van der Waals surface area (Å²) in [6.45, 7) is 2.57. The van der Waals surface area contributed by atoms with Crippen LogP contribution in [0, 0.1) is 5.82 Å². The molecule has 0 saturated carbocycles. The van der Waals surface area contributed by atoms with Crippen LogP contribution in [0.25, 0.3) is 0 Å². The molecule has 1 unspecified atom stereocenters. The molecule has 18 heavy (non-hydrogen) atoms.